The highest BCUT2D eigenvalue weighted by Gasteiger charge is 2.32. The number of fused-ring (bicyclic) bond motifs is 1. The fourth-order valence-electron chi connectivity index (χ4n) is 4.99. The molecular weight excluding hydrogens is 601 g/mol. The van der Waals surface area contributed by atoms with Crippen molar-refractivity contribution in [3.05, 3.63) is 89.2 Å². The third-order valence-electron chi connectivity index (χ3n) is 7.15. The zero-order valence-electron chi connectivity index (χ0n) is 25.9. The van der Waals surface area contributed by atoms with Crippen molar-refractivity contribution in [3.8, 4) is 5.88 Å². The lowest BCUT2D eigenvalue weighted by atomic mass is 10.1. The van der Waals surface area contributed by atoms with Gasteiger partial charge in [-0.25, -0.2) is 14.8 Å². The molecule has 1 aliphatic heterocycles. The second kappa shape index (κ2) is 13.0. The van der Waals surface area contributed by atoms with E-state index in [1.54, 1.807) is 49.8 Å². The van der Waals surface area contributed by atoms with Crippen LogP contribution in [0.25, 0.3) is 0 Å². The minimum atomic E-state index is -4.58. The number of hydrogen-bond donors (Lipinski definition) is 2. The first kappa shape index (κ1) is 32.2. The molecule has 46 heavy (non-hydrogen) atoms. The number of aromatic nitrogens is 3. The van der Waals surface area contributed by atoms with Crippen LogP contribution in [0.1, 0.15) is 34.0 Å². The standard InChI is InChI=1S/C32H33F3N8O3/c1-19-9-10-24(38-29(44)21-7-6-8-23(13-21)32(33,34)35)14-26(19)43-18-22-15-37-30(40-28(22)42(5)31(43)45)39-25-11-12-27(36-16-25)46-20(2)17-41(3)4/h6-16,20H,17-18H2,1-5H3,(H,38,44)(H,37,39,40). The van der Waals surface area contributed by atoms with Crippen LogP contribution in [0.4, 0.5) is 46.8 Å². The number of anilines is 5. The van der Waals surface area contributed by atoms with Gasteiger partial charge in [0.05, 0.1) is 29.7 Å². The number of urea groups is 1. The van der Waals surface area contributed by atoms with E-state index in [2.05, 4.69) is 25.6 Å². The Morgan fingerprint density at radius 1 is 1.07 bits per heavy atom. The highest BCUT2D eigenvalue weighted by molar-refractivity contribution is 6.07. The summed E-state index contributed by atoms with van der Waals surface area (Å²) in [7, 11) is 5.54. The van der Waals surface area contributed by atoms with Crippen molar-refractivity contribution in [1.82, 2.24) is 19.9 Å². The summed E-state index contributed by atoms with van der Waals surface area (Å²) in [6.07, 6.45) is -1.37. The van der Waals surface area contributed by atoms with Crippen molar-refractivity contribution in [2.75, 3.05) is 48.1 Å². The molecule has 2 N–H and O–H groups in total. The molecule has 0 aliphatic carbocycles. The van der Waals surface area contributed by atoms with Crippen molar-refractivity contribution in [2.24, 2.45) is 0 Å². The molecule has 2 aromatic carbocycles. The molecule has 5 rings (SSSR count). The summed E-state index contributed by atoms with van der Waals surface area (Å²) in [4.78, 5) is 44.6. The number of amides is 3. The number of aryl methyl sites for hydroxylation is 1. The number of carbonyl (C=O) groups is 2. The van der Waals surface area contributed by atoms with Crippen LogP contribution in [0.3, 0.4) is 0 Å². The summed E-state index contributed by atoms with van der Waals surface area (Å²) in [5.74, 6) is 0.485. The molecule has 1 atom stereocenters. The summed E-state index contributed by atoms with van der Waals surface area (Å²) < 4.78 is 45.2. The maximum Gasteiger partial charge on any atom is 0.416 e. The Labute approximate surface area is 264 Å². The zero-order chi connectivity index (χ0) is 33.2. The molecule has 3 heterocycles. The van der Waals surface area contributed by atoms with Crippen LogP contribution in [-0.2, 0) is 12.7 Å². The Balaban J connectivity index is 1.30. The quantitative estimate of drug-likeness (QED) is 0.227. The Hall–Kier alpha value is -5.24. The third kappa shape index (κ3) is 7.34. The van der Waals surface area contributed by atoms with Crippen LogP contribution in [0.15, 0.2) is 67.0 Å². The number of pyridine rings is 1. The first-order chi connectivity index (χ1) is 21.8. The van der Waals surface area contributed by atoms with Crippen LogP contribution < -0.4 is 25.2 Å². The van der Waals surface area contributed by atoms with Gasteiger partial charge in [-0.1, -0.05) is 12.1 Å². The zero-order valence-corrected chi connectivity index (χ0v) is 25.9. The predicted molar refractivity (Wildman–Crippen MR) is 169 cm³/mol. The van der Waals surface area contributed by atoms with Crippen LogP contribution in [0.2, 0.25) is 0 Å². The molecule has 0 saturated carbocycles. The Morgan fingerprint density at radius 3 is 2.52 bits per heavy atom. The lowest BCUT2D eigenvalue weighted by molar-refractivity contribution is -0.137. The molecular formula is C32H33F3N8O3. The molecule has 0 bridgehead atoms. The fourth-order valence-corrected chi connectivity index (χ4v) is 4.99. The predicted octanol–water partition coefficient (Wildman–Crippen LogP) is 6.10. The lowest BCUT2D eigenvalue weighted by Crippen LogP contribution is -2.46. The number of rotatable bonds is 9. The van der Waals surface area contributed by atoms with Gasteiger partial charge in [0.15, 0.2) is 0 Å². The van der Waals surface area contributed by atoms with Crippen molar-refractivity contribution < 1.29 is 27.5 Å². The van der Waals surface area contributed by atoms with E-state index < -0.39 is 17.6 Å². The molecule has 11 nitrogen and oxygen atoms in total. The Bertz CT molecular complexity index is 1750. The molecule has 2 aromatic heterocycles. The Kier molecular flexibility index (Phi) is 9.10. The van der Waals surface area contributed by atoms with Crippen LogP contribution in [0.5, 0.6) is 5.88 Å². The average Bonchev–Trinajstić information content (AvgIpc) is 3.00. The maximum atomic E-state index is 13.5. The monoisotopic (exact) mass is 634 g/mol. The summed E-state index contributed by atoms with van der Waals surface area (Å²) in [5.41, 5.74) is 1.84. The largest absolute Gasteiger partial charge is 0.473 e. The number of benzene rings is 2. The van der Waals surface area contributed by atoms with Gasteiger partial charge in [0.1, 0.15) is 11.9 Å². The van der Waals surface area contributed by atoms with E-state index in [9.17, 15) is 22.8 Å². The van der Waals surface area contributed by atoms with Gasteiger partial charge in [-0.15, -0.1) is 0 Å². The summed E-state index contributed by atoms with van der Waals surface area (Å²) in [5, 5.41) is 5.74. The molecule has 0 fully saturated rings. The van der Waals surface area contributed by atoms with Crippen LogP contribution >= 0.6 is 0 Å². The second-order valence-electron chi connectivity index (χ2n) is 11.2. The number of nitrogens with zero attached hydrogens (tertiary/aromatic N) is 6. The van der Waals surface area contributed by atoms with E-state index in [4.69, 9.17) is 4.74 Å². The summed E-state index contributed by atoms with van der Waals surface area (Å²) in [6, 6.07) is 12.3. The first-order valence-corrected chi connectivity index (χ1v) is 14.3. The molecule has 1 unspecified atom stereocenters. The number of hydrogen-bond acceptors (Lipinski definition) is 8. The van der Waals surface area contributed by atoms with Crippen LogP contribution in [-0.4, -0.2) is 65.6 Å². The van der Waals surface area contributed by atoms with Crippen molar-refractivity contribution in [3.63, 3.8) is 0 Å². The smallest absolute Gasteiger partial charge is 0.416 e. The third-order valence-corrected chi connectivity index (χ3v) is 7.15. The number of halogens is 3. The van der Waals surface area contributed by atoms with Gasteiger partial charge >= 0.3 is 12.2 Å². The van der Waals surface area contributed by atoms with Gasteiger partial charge in [0, 0.05) is 42.7 Å². The molecule has 0 spiro atoms. The molecule has 0 radical (unpaired) electrons. The number of likely N-dealkylation sites (N-methyl/N-ethyl adjacent to an activating group) is 1. The number of nitrogens with one attached hydrogen (secondary N) is 2. The molecule has 0 saturated heterocycles. The Morgan fingerprint density at radius 2 is 1.83 bits per heavy atom. The molecule has 240 valence electrons. The SMILES string of the molecule is Cc1ccc(NC(=O)c2cccc(C(F)(F)F)c2)cc1N1Cc2cnc(Nc3ccc(OC(C)CN(C)C)nc3)nc2N(C)C1=O. The average molecular weight is 635 g/mol. The summed E-state index contributed by atoms with van der Waals surface area (Å²) in [6.45, 7) is 4.68. The highest BCUT2D eigenvalue weighted by atomic mass is 19.4. The fraction of sp³-hybridized carbons (Fsp3) is 0.281. The molecule has 14 heteroatoms. The van der Waals surface area contributed by atoms with Gasteiger partial charge in [-0.05, 0) is 69.9 Å². The highest BCUT2D eigenvalue weighted by Crippen LogP contribution is 2.34. The molecule has 3 amide bonds. The lowest BCUT2D eigenvalue weighted by Gasteiger charge is -2.35. The van der Waals surface area contributed by atoms with Gasteiger partial charge in [0.25, 0.3) is 5.91 Å². The summed E-state index contributed by atoms with van der Waals surface area (Å²) >= 11 is 0. The minimum Gasteiger partial charge on any atom is -0.473 e. The van der Waals surface area contributed by atoms with Crippen molar-refractivity contribution in [2.45, 2.75) is 32.7 Å². The van der Waals surface area contributed by atoms with Gasteiger partial charge < -0.3 is 20.3 Å². The van der Waals surface area contributed by atoms with E-state index in [0.29, 0.717) is 34.3 Å². The first-order valence-electron chi connectivity index (χ1n) is 14.3. The molecule has 1 aliphatic rings. The van der Waals surface area contributed by atoms with E-state index >= 15 is 0 Å². The molecule has 4 aromatic rings. The normalized spacial score (nSPS) is 13.8. The maximum absolute atomic E-state index is 13.5. The van der Waals surface area contributed by atoms with Crippen LogP contribution in [0, 0.1) is 6.92 Å². The number of ether oxygens (including phenoxy) is 1. The number of alkyl halides is 3. The second-order valence-corrected chi connectivity index (χ2v) is 11.2. The van der Waals surface area contributed by atoms with E-state index in [1.165, 1.54) is 21.9 Å². The van der Waals surface area contributed by atoms with Gasteiger partial charge in [-0.2, -0.15) is 18.2 Å². The van der Waals surface area contributed by atoms with E-state index in [-0.39, 0.29) is 30.2 Å². The van der Waals surface area contributed by atoms with Gasteiger partial charge in [0.2, 0.25) is 11.8 Å². The number of carbonyl (C=O) groups excluding carboxylic acids is 2. The van der Waals surface area contributed by atoms with Crippen molar-refractivity contribution >= 4 is 40.8 Å². The van der Waals surface area contributed by atoms with E-state index in [1.807, 2.05) is 32.8 Å². The van der Waals surface area contributed by atoms with Crippen molar-refractivity contribution in [1.29, 1.82) is 0 Å². The van der Waals surface area contributed by atoms with Gasteiger partial charge in [-0.3, -0.25) is 14.6 Å². The topological polar surface area (TPSA) is 116 Å². The van der Waals surface area contributed by atoms with E-state index in [0.717, 1.165) is 24.2 Å². The minimum absolute atomic E-state index is 0.0348.